The van der Waals surface area contributed by atoms with Crippen LogP contribution >= 0.6 is 0 Å². The summed E-state index contributed by atoms with van der Waals surface area (Å²) in [5.41, 5.74) is -0.940. The molecule has 0 aromatic rings. The Kier molecular flexibility index (Phi) is 4.95. The third kappa shape index (κ3) is 3.60. The van der Waals surface area contributed by atoms with Crippen LogP contribution in [-0.4, -0.2) is 52.9 Å². The Labute approximate surface area is 107 Å². The van der Waals surface area contributed by atoms with Crippen molar-refractivity contribution in [1.82, 2.24) is 10.2 Å². The Morgan fingerprint density at radius 2 is 2.17 bits per heavy atom. The van der Waals surface area contributed by atoms with Gasteiger partial charge in [-0.25, -0.2) is 4.79 Å². The lowest BCUT2D eigenvalue weighted by Gasteiger charge is -2.31. The smallest absolute Gasteiger partial charge is 0.317 e. The summed E-state index contributed by atoms with van der Waals surface area (Å²) >= 11 is 0. The molecule has 3 N–H and O–H groups in total. The number of rotatable bonds is 4. The molecule has 2 unspecified atom stereocenters. The van der Waals surface area contributed by atoms with Crippen LogP contribution in [0.3, 0.4) is 0 Å². The van der Waals surface area contributed by atoms with Gasteiger partial charge in [0.05, 0.1) is 11.5 Å². The first-order valence-corrected chi connectivity index (χ1v) is 6.33. The number of carbonyl (C=O) groups excluding carboxylic acids is 1. The molecule has 1 saturated heterocycles. The maximum absolute atomic E-state index is 11.8. The molecule has 6 heteroatoms. The average molecular weight is 258 g/mol. The van der Waals surface area contributed by atoms with Gasteiger partial charge in [0.2, 0.25) is 0 Å². The number of β-amino-alcohol motifs (C(OH)–C–C–N with tert-alkyl or cyclic N) is 1. The molecule has 18 heavy (non-hydrogen) atoms. The fraction of sp³-hybridized carbons (Fsp3) is 0.833. The summed E-state index contributed by atoms with van der Waals surface area (Å²) in [7, 11) is 0. The van der Waals surface area contributed by atoms with Crippen LogP contribution in [0, 0.1) is 5.41 Å². The molecule has 1 aliphatic rings. The van der Waals surface area contributed by atoms with Crippen molar-refractivity contribution in [2.24, 2.45) is 5.41 Å². The zero-order chi connectivity index (χ0) is 13.8. The van der Waals surface area contributed by atoms with Crippen molar-refractivity contribution in [2.75, 3.05) is 19.6 Å². The van der Waals surface area contributed by atoms with Crippen molar-refractivity contribution >= 4 is 12.0 Å². The van der Waals surface area contributed by atoms with Gasteiger partial charge in [-0.15, -0.1) is 0 Å². The zero-order valence-corrected chi connectivity index (χ0v) is 11.0. The Morgan fingerprint density at radius 3 is 2.67 bits per heavy atom. The Hall–Kier alpha value is -1.30. The molecular formula is C12H22N2O4. The van der Waals surface area contributed by atoms with Crippen molar-refractivity contribution in [1.29, 1.82) is 0 Å². The standard InChI is InChI=1S/C12H22N2O4/c1-3-12(2,10(16)17)8-13-11(18)14-6-4-5-9(15)7-14/h9,15H,3-8H2,1-2H3,(H,13,18)(H,16,17). The van der Waals surface area contributed by atoms with Crippen LogP contribution in [0.15, 0.2) is 0 Å². The van der Waals surface area contributed by atoms with Crippen molar-refractivity contribution in [2.45, 2.75) is 39.2 Å². The number of hydrogen-bond acceptors (Lipinski definition) is 3. The van der Waals surface area contributed by atoms with Crippen molar-refractivity contribution in [3.8, 4) is 0 Å². The van der Waals surface area contributed by atoms with Gasteiger partial charge in [-0.05, 0) is 26.2 Å². The van der Waals surface area contributed by atoms with Gasteiger partial charge in [-0.3, -0.25) is 4.79 Å². The number of piperidine rings is 1. The van der Waals surface area contributed by atoms with E-state index in [4.69, 9.17) is 5.11 Å². The minimum Gasteiger partial charge on any atom is -0.481 e. The molecule has 6 nitrogen and oxygen atoms in total. The van der Waals surface area contributed by atoms with E-state index in [9.17, 15) is 14.7 Å². The second kappa shape index (κ2) is 6.04. The topological polar surface area (TPSA) is 89.9 Å². The fourth-order valence-corrected chi connectivity index (χ4v) is 1.87. The van der Waals surface area contributed by atoms with Crippen LogP contribution in [0.25, 0.3) is 0 Å². The van der Waals surface area contributed by atoms with Gasteiger partial charge >= 0.3 is 12.0 Å². The van der Waals surface area contributed by atoms with Crippen LogP contribution in [0.4, 0.5) is 4.79 Å². The fourth-order valence-electron chi connectivity index (χ4n) is 1.87. The number of nitrogens with zero attached hydrogens (tertiary/aromatic N) is 1. The van der Waals surface area contributed by atoms with Gasteiger partial charge in [0, 0.05) is 19.6 Å². The molecule has 2 amide bonds. The van der Waals surface area contributed by atoms with E-state index in [2.05, 4.69) is 5.32 Å². The van der Waals surface area contributed by atoms with Gasteiger partial charge in [-0.1, -0.05) is 6.92 Å². The molecule has 104 valence electrons. The zero-order valence-electron chi connectivity index (χ0n) is 11.0. The molecule has 0 bridgehead atoms. The van der Waals surface area contributed by atoms with Gasteiger partial charge in [0.25, 0.3) is 0 Å². The molecule has 1 rings (SSSR count). The minimum atomic E-state index is -0.940. The monoisotopic (exact) mass is 258 g/mol. The summed E-state index contributed by atoms with van der Waals surface area (Å²) in [6.45, 7) is 4.43. The maximum Gasteiger partial charge on any atom is 0.317 e. The lowest BCUT2D eigenvalue weighted by molar-refractivity contribution is -0.147. The van der Waals surface area contributed by atoms with Crippen LogP contribution in [0.1, 0.15) is 33.1 Å². The molecule has 0 aromatic carbocycles. The number of nitrogens with one attached hydrogen (secondary N) is 1. The molecule has 1 aliphatic heterocycles. The number of aliphatic carboxylic acids is 1. The molecule has 0 spiro atoms. The summed E-state index contributed by atoms with van der Waals surface area (Å²) in [6, 6.07) is -0.297. The normalized spacial score (nSPS) is 23.3. The van der Waals surface area contributed by atoms with Crippen LogP contribution < -0.4 is 5.32 Å². The molecule has 2 atom stereocenters. The van der Waals surface area contributed by atoms with E-state index in [1.165, 1.54) is 4.90 Å². The maximum atomic E-state index is 11.8. The number of carbonyl (C=O) groups is 2. The number of likely N-dealkylation sites (tertiary alicyclic amines) is 1. The second-order valence-corrected chi connectivity index (χ2v) is 5.12. The lowest BCUT2D eigenvalue weighted by Crippen LogP contribution is -2.50. The number of aliphatic hydroxyl groups excluding tert-OH is 1. The molecule has 0 radical (unpaired) electrons. The predicted molar refractivity (Wildman–Crippen MR) is 66.2 cm³/mol. The van der Waals surface area contributed by atoms with E-state index in [1.54, 1.807) is 13.8 Å². The number of aliphatic hydroxyl groups is 1. The highest BCUT2D eigenvalue weighted by Gasteiger charge is 2.32. The third-order valence-electron chi connectivity index (χ3n) is 3.61. The summed E-state index contributed by atoms with van der Waals surface area (Å²) in [4.78, 5) is 24.5. The van der Waals surface area contributed by atoms with E-state index in [0.717, 1.165) is 6.42 Å². The highest BCUT2D eigenvalue weighted by atomic mass is 16.4. The molecule has 0 aromatic heterocycles. The quantitative estimate of drug-likeness (QED) is 0.690. The Bertz CT molecular complexity index is 321. The van der Waals surface area contributed by atoms with E-state index in [1.807, 2.05) is 0 Å². The lowest BCUT2D eigenvalue weighted by atomic mass is 9.88. The molecule has 0 aliphatic carbocycles. The van der Waals surface area contributed by atoms with Crippen LogP contribution in [0.5, 0.6) is 0 Å². The largest absolute Gasteiger partial charge is 0.481 e. The van der Waals surface area contributed by atoms with Gasteiger partial charge in [-0.2, -0.15) is 0 Å². The number of amides is 2. The summed E-state index contributed by atoms with van der Waals surface area (Å²) in [5.74, 6) is -0.913. The first kappa shape index (κ1) is 14.8. The first-order chi connectivity index (χ1) is 8.39. The Morgan fingerprint density at radius 1 is 1.50 bits per heavy atom. The third-order valence-corrected chi connectivity index (χ3v) is 3.61. The van der Waals surface area contributed by atoms with Crippen molar-refractivity contribution in [3.05, 3.63) is 0 Å². The average Bonchev–Trinajstić information content (AvgIpc) is 2.35. The summed E-state index contributed by atoms with van der Waals surface area (Å²) in [6.07, 6.45) is 1.47. The van der Waals surface area contributed by atoms with Gasteiger partial charge < -0.3 is 20.4 Å². The highest BCUT2D eigenvalue weighted by Crippen LogP contribution is 2.20. The SMILES string of the molecule is CCC(C)(CNC(=O)N1CCCC(O)C1)C(=O)O. The molecular weight excluding hydrogens is 236 g/mol. The van der Waals surface area contributed by atoms with E-state index >= 15 is 0 Å². The number of carboxylic acids is 1. The van der Waals surface area contributed by atoms with Crippen LogP contribution in [0.2, 0.25) is 0 Å². The van der Waals surface area contributed by atoms with Gasteiger partial charge in [0.1, 0.15) is 0 Å². The van der Waals surface area contributed by atoms with E-state index < -0.39 is 17.5 Å². The van der Waals surface area contributed by atoms with E-state index in [-0.39, 0.29) is 12.6 Å². The number of carboxylic acid groups (broad SMARTS) is 1. The Balaban J connectivity index is 2.47. The highest BCUT2D eigenvalue weighted by molar-refractivity contribution is 5.78. The second-order valence-electron chi connectivity index (χ2n) is 5.12. The van der Waals surface area contributed by atoms with E-state index in [0.29, 0.717) is 25.9 Å². The predicted octanol–water partition coefficient (Wildman–Crippen LogP) is 0.654. The van der Waals surface area contributed by atoms with Crippen molar-refractivity contribution < 1.29 is 19.8 Å². The number of hydrogen-bond donors (Lipinski definition) is 3. The molecule has 1 heterocycles. The van der Waals surface area contributed by atoms with Crippen molar-refractivity contribution in [3.63, 3.8) is 0 Å². The summed E-state index contributed by atoms with van der Waals surface area (Å²) in [5, 5.41) is 21.2. The summed E-state index contributed by atoms with van der Waals surface area (Å²) < 4.78 is 0. The molecule has 1 fully saturated rings. The van der Waals surface area contributed by atoms with Crippen LogP contribution in [-0.2, 0) is 4.79 Å². The van der Waals surface area contributed by atoms with Gasteiger partial charge in [0.15, 0.2) is 0 Å². The first-order valence-electron chi connectivity index (χ1n) is 6.33. The minimum absolute atomic E-state index is 0.101. The number of urea groups is 1. The molecule has 0 saturated carbocycles.